The number of para-hydroxylation sites is 1. The standard InChI is InChI=1S/C25H21FN4O3/c1-16-28-22-11-3-2-10-21(22)25(33)30(16)15-23(31)27-14-17-6-4-9-20(12-17)29-24(32)18-7-5-8-19(26)13-18/h2-13H,14-15H2,1H3,(H,27,31)(H,29,32). The fourth-order valence-corrected chi connectivity index (χ4v) is 3.46. The topological polar surface area (TPSA) is 93.1 Å². The van der Waals surface area contributed by atoms with Crippen LogP contribution in [0.15, 0.2) is 77.6 Å². The summed E-state index contributed by atoms with van der Waals surface area (Å²) in [7, 11) is 0. The van der Waals surface area contributed by atoms with Gasteiger partial charge in [-0.1, -0.05) is 30.3 Å². The lowest BCUT2D eigenvalue weighted by molar-refractivity contribution is -0.121. The van der Waals surface area contributed by atoms with E-state index in [1.165, 1.54) is 22.8 Å². The number of hydrogen-bond donors (Lipinski definition) is 2. The van der Waals surface area contributed by atoms with Crippen molar-refractivity contribution in [1.29, 1.82) is 0 Å². The van der Waals surface area contributed by atoms with Crippen LogP contribution in [0.4, 0.5) is 10.1 Å². The van der Waals surface area contributed by atoms with Gasteiger partial charge >= 0.3 is 0 Å². The summed E-state index contributed by atoms with van der Waals surface area (Å²) < 4.78 is 14.7. The van der Waals surface area contributed by atoms with Crippen LogP contribution in [0, 0.1) is 12.7 Å². The van der Waals surface area contributed by atoms with Crippen molar-refractivity contribution in [1.82, 2.24) is 14.9 Å². The molecule has 0 radical (unpaired) electrons. The number of nitrogens with one attached hydrogen (secondary N) is 2. The predicted molar refractivity (Wildman–Crippen MR) is 123 cm³/mol. The number of fused-ring (bicyclic) bond motifs is 1. The number of anilines is 1. The Labute approximate surface area is 188 Å². The van der Waals surface area contributed by atoms with E-state index in [1.807, 2.05) is 0 Å². The van der Waals surface area contributed by atoms with E-state index in [4.69, 9.17) is 0 Å². The monoisotopic (exact) mass is 444 g/mol. The molecular formula is C25H21FN4O3. The van der Waals surface area contributed by atoms with Crippen LogP contribution < -0.4 is 16.2 Å². The fraction of sp³-hybridized carbons (Fsp3) is 0.120. The van der Waals surface area contributed by atoms with Gasteiger partial charge in [-0.25, -0.2) is 9.37 Å². The van der Waals surface area contributed by atoms with Crippen molar-refractivity contribution in [2.45, 2.75) is 20.0 Å². The molecular weight excluding hydrogens is 423 g/mol. The van der Waals surface area contributed by atoms with Crippen molar-refractivity contribution in [2.24, 2.45) is 0 Å². The average Bonchev–Trinajstić information content (AvgIpc) is 2.81. The van der Waals surface area contributed by atoms with Crippen LogP contribution in [-0.2, 0) is 17.9 Å². The third kappa shape index (κ3) is 5.12. The summed E-state index contributed by atoms with van der Waals surface area (Å²) in [6, 6.07) is 19.4. The van der Waals surface area contributed by atoms with E-state index in [9.17, 15) is 18.8 Å². The van der Waals surface area contributed by atoms with Crippen LogP contribution >= 0.6 is 0 Å². The number of nitrogens with zero attached hydrogens (tertiary/aromatic N) is 2. The molecule has 0 aliphatic rings. The molecule has 1 aromatic heterocycles. The van der Waals surface area contributed by atoms with Gasteiger partial charge in [0.25, 0.3) is 11.5 Å². The maximum Gasteiger partial charge on any atom is 0.261 e. The van der Waals surface area contributed by atoms with E-state index in [1.54, 1.807) is 55.5 Å². The van der Waals surface area contributed by atoms with Crippen LogP contribution in [0.1, 0.15) is 21.7 Å². The lowest BCUT2D eigenvalue weighted by Crippen LogP contribution is -2.33. The van der Waals surface area contributed by atoms with Gasteiger partial charge in [0, 0.05) is 17.8 Å². The third-order valence-electron chi connectivity index (χ3n) is 5.12. The van der Waals surface area contributed by atoms with Gasteiger partial charge in [0.2, 0.25) is 5.91 Å². The van der Waals surface area contributed by atoms with Crippen LogP contribution in [0.2, 0.25) is 0 Å². The second kappa shape index (κ2) is 9.44. The molecule has 0 fully saturated rings. The van der Waals surface area contributed by atoms with Crippen molar-refractivity contribution in [2.75, 3.05) is 5.32 Å². The SMILES string of the molecule is Cc1nc2ccccc2c(=O)n1CC(=O)NCc1cccc(NC(=O)c2cccc(F)c2)c1. The first-order valence-electron chi connectivity index (χ1n) is 10.3. The van der Waals surface area contributed by atoms with E-state index in [2.05, 4.69) is 15.6 Å². The first-order chi connectivity index (χ1) is 15.9. The van der Waals surface area contributed by atoms with Crippen molar-refractivity contribution in [3.63, 3.8) is 0 Å². The minimum atomic E-state index is -0.491. The molecule has 0 spiro atoms. The number of amides is 2. The quantitative estimate of drug-likeness (QED) is 0.477. The number of aryl methyl sites for hydroxylation is 1. The summed E-state index contributed by atoms with van der Waals surface area (Å²) in [5.74, 6) is -0.813. The Balaban J connectivity index is 1.41. The van der Waals surface area contributed by atoms with Gasteiger partial charge in [-0.2, -0.15) is 0 Å². The number of rotatable bonds is 6. The zero-order chi connectivity index (χ0) is 23.4. The molecule has 1 heterocycles. The van der Waals surface area contributed by atoms with Gasteiger partial charge in [0.05, 0.1) is 10.9 Å². The van der Waals surface area contributed by atoms with E-state index < -0.39 is 11.7 Å². The highest BCUT2D eigenvalue weighted by molar-refractivity contribution is 6.04. The maximum absolute atomic E-state index is 13.3. The minimum Gasteiger partial charge on any atom is -0.350 e. The highest BCUT2D eigenvalue weighted by atomic mass is 19.1. The summed E-state index contributed by atoms with van der Waals surface area (Å²) in [5.41, 5.74) is 1.80. The van der Waals surface area contributed by atoms with Gasteiger partial charge in [-0.3, -0.25) is 19.0 Å². The number of benzene rings is 3. The molecule has 4 aromatic rings. The normalized spacial score (nSPS) is 10.7. The minimum absolute atomic E-state index is 0.154. The van der Waals surface area contributed by atoms with Gasteiger partial charge in [-0.15, -0.1) is 0 Å². The molecule has 166 valence electrons. The van der Waals surface area contributed by atoms with Gasteiger partial charge < -0.3 is 10.6 Å². The fourth-order valence-electron chi connectivity index (χ4n) is 3.46. The van der Waals surface area contributed by atoms with E-state index in [0.717, 1.165) is 11.6 Å². The Morgan fingerprint density at radius 3 is 2.61 bits per heavy atom. The van der Waals surface area contributed by atoms with Crippen molar-refractivity contribution in [3.05, 3.63) is 106 Å². The summed E-state index contributed by atoms with van der Waals surface area (Å²) in [4.78, 5) is 41.9. The highest BCUT2D eigenvalue weighted by Gasteiger charge is 2.12. The summed E-state index contributed by atoms with van der Waals surface area (Å²) in [6.45, 7) is 1.74. The number of carbonyl (C=O) groups is 2. The second-order valence-corrected chi connectivity index (χ2v) is 7.51. The Hall–Kier alpha value is -4.33. The van der Waals surface area contributed by atoms with Crippen LogP contribution in [0.3, 0.4) is 0 Å². The number of carbonyl (C=O) groups excluding carboxylic acids is 2. The van der Waals surface area contributed by atoms with Crippen LogP contribution in [0.5, 0.6) is 0 Å². The lowest BCUT2D eigenvalue weighted by atomic mass is 10.1. The summed E-state index contributed by atoms with van der Waals surface area (Å²) in [6.07, 6.45) is 0. The van der Waals surface area contributed by atoms with Crippen LogP contribution in [-0.4, -0.2) is 21.4 Å². The number of hydrogen-bond acceptors (Lipinski definition) is 4. The smallest absolute Gasteiger partial charge is 0.261 e. The molecule has 0 bridgehead atoms. The molecule has 33 heavy (non-hydrogen) atoms. The molecule has 0 unspecified atom stereocenters. The molecule has 0 atom stereocenters. The maximum atomic E-state index is 13.3. The molecule has 2 N–H and O–H groups in total. The summed E-state index contributed by atoms with van der Waals surface area (Å²) in [5, 5.41) is 5.95. The molecule has 0 aliphatic carbocycles. The molecule has 0 aliphatic heterocycles. The largest absolute Gasteiger partial charge is 0.350 e. The zero-order valence-corrected chi connectivity index (χ0v) is 17.8. The highest BCUT2D eigenvalue weighted by Crippen LogP contribution is 2.13. The van der Waals surface area contributed by atoms with Crippen molar-refractivity contribution < 1.29 is 14.0 Å². The van der Waals surface area contributed by atoms with Crippen LogP contribution in [0.25, 0.3) is 10.9 Å². The Morgan fingerprint density at radius 1 is 1.00 bits per heavy atom. The van der Waals surface area contributed by atoms with Gasteiger partial charge in [-0.05, 0) is 55.0 Å². The third-order valence-corrected chi connectivity index (χ3v) is 5.12. The Kier molecular flexibility index (Phi) is 6.26. The summed E-state index contributed by atoms with van der Waals surface area (Å²) >= 11 is 0. The first kappa shape index (κ1) is 21.9. The zero-order valence-electron chi connectivity index (χ0n) is 17.8. The van der Waals surface area contributed by atoms with Gasteiger partial charge in [0.15, 0.2) is 0 Å². The molecule has 2 amide bonds. The molecule has 8 heteroatoms. The Bertz CT molecular complexity index is 1410. The molecule has 0 saturated heterocycles. The average molecular weight is 444 g/mol. The van der Waals surface area contributed by atoms with E-state index >= 15 is 0 Å². The van der Waals surface area contributed by atoms with Gasteiger partial charge in [0.1, 0.15) is 18.2 Å². The number of aromatic nitrogens is 2. The molecule has 4 rings (SSSR count). The molecule has 0 saturated carbocycles. The van der Waals surface area contributed by atoms with Crippen molar-refractivity contribution >= 4 is 28.4 Å². The predicted octanol–water partition coefficient (Wildman–Crippen LogP) is 3.41. The first-order valence-corrected chi connectivity index (χ1v) is 10.3. The molecule has 7 nitrogen and oxygen atoms in total. The number of halogens is 1. The Morgan fingerprint density at radius 2 is 1.79 bits per heavy atom. The molecule has 3 aromatic carbocycles. The van der Waals surface area contributed by atoms with Crippen molar-refractivity contribution in [3.8, 4) is 0 Å². The van der Waals surface area contributed by atoms with E-state index in [-0.39, 0.29) is 30.1 Å². The van der Waals surface area contributed by atoms with E-state index in [0.29, 0.717) is 22.4 Å². The second-order valence-electron chi connectivity index (χ2n) is 7.51. The lowest BCUT2D eigenvalue weighted by Gasteiger charge is -2.12.